The molecule has 1 aliphatic heterocycles. The van der Waals surface area contributed by atoms with Gasteiger partial charge in [0.15, 0.2) is 5.60 Å². The van der Waals surface area contributed by atoms with Crippen LogP contribution in [0.2, 0.25) is 5.15 Å². The fraction of sp³-hybridized carbons (Fsp3) is 0.455. The van der Waals surface area contributed by atoms with Crippen molar-refractivity contribution in [3.05, 3.63) is 29.0 Å². The molecular formula is C11H10ClF3N2O2. The molecule has 4 nitrogen and oxygen atoms in total. The summed E-state index contributed by atoms with van der Waals surface area (Å²) in [7, 11) is 0. The number of hydrogen-bond donors (Lipinski definition) is 1. The summed E-state index contributed by atoms with van der Waals surface area (Å²) in [6.45, 7) is -0.921. The molecule has 0 aromatic carbocycles. The lowest BCUT2D eigenvalue weighted by Crippen LogP contribution is -2.48. The van der Waals surface area contributed by atoms with Gasteiger partial charge in [-0.2, -0.15) is 13.2 Å². The van der Waals surface area contributed by atoms with Crippen LogP contribution in [0.1, 0.15) is 16.8 Å². The molecule has 0 radical (unpaired) electrons. The summed E-state index contributed by atoms with van der Waals surface area (Å²) in [5.74, 6) is -0.607. The molecule has 0 spiro atoms. The quantitative estimate of drug-likeness (QED) is 0.805. The van der Waals surface area contributed by atoms with Crippen LogP contribution in [-0.4, -0.2) is 45.8 Å². The normalized spacial score (nSPS) is 23.7. The number of nitrogens with zero attached hydrogens (tertiary/aromatic N) is 2. The van der Waals surface area contributed by atoms with Gasteiger partial charge in [0.1, 0.15) is 5.15 Å². The molecular weight excluding hydrogens is 285 g/mol. The maximum absolute atomic E-state index is 12.6. The van der Waals surface area contributed by atoms with Gasteiger partial charge in [0.2, 0.25) is 0 Å². The van der Waals surface area contributed by atoms with E-state index < -0.39 is 30.7 Å². The van der Waals surface area contributed by atoms with E-state index in [0.717, 1.165) is 4.90 Å². The Morgan fingerprint density at radius 3 is 2.63 bits per heavy atom. The lowest BCUT2D eigenvalue weighted by Gasteiger charge is -2.25. The fourth-order valence-corrected chi connectivity index (χ4v) is 2.00. The van der Waals surface area contributed by atoms with Crippen molar-refractivity contribution >= 4 is 17.5 Å². The number of carbonyl (C=O) groups excluding carboxylic acids is 1. The average Bonchev–Trinajstić information content (AvgIpc) is 2.73. The number of halogens is 4. The van der Waals surface area contributed by atoms with Crippen LogP contribution < -0.4 is 0 Å². The Kier molecular flexibility index (Phi) is 3.44. The third-order valence-electron chi connectivity index (χ3n) is 3.04. The van der Waals surface area contributed by atoms with Gasteiger partial charge in [-0.3, -0.25) is 4.79 Å². The predicted octanol–water partition coefficient (Wildman–Crippen LogP) is 1.87. The SMILES string of the molecule is O=C(c1ccc(Cl)nc1)N1CC[C@@](O)(C(F)(F)F)C1. The van der Waals surface area contributed by atoms with Gasteiger partial charge in [0.25, 0.3) is 5.91 Å². The minimum absolute atomic E-state index is 0.135. The van der Waals surface area contributed by atoms with Crippen LogP contribution in [0.25, 0.3) is 0 Å². The van der Waals surface area contributed by atoms with E-state index in [0.29, 0.717) is 0 Å². The highest BCUT2D eigenvalue weighted by atomic mass is 35.5. The summed E-state index contributed by atoms with van der Waals surface area (Å²) in [6.07, 6.45) is -4.08. The number of aliphatic hydroxyl groups is 1. The molecule has 104 valence electrons. The fourth-order valence-electron chi connectivity index (χ4n) is 1.88. The standard InChI is InChI=1S/C11H10ClF3N2O2/c12-8-2-1-7(5-16-8)9(18)17-4-3-10(19,6-17)11(13,14)15/h1-2,5,19H,3-4,6H2/t10-/m0/s1. The summed E-state index contributed by atoms with van der Waals surface area (Å²) in [6, 6.07) is 2.75. The number of hydrogen-bond acceptors (Lipinski definition) is 3. The van der Waals surface area contributed by atoms with Crippen molar-refractivity contribution < 1.29 is 23.1 Å². The zero-order valence-corrected chi connectivity index (χ0v) is 10.4. The Morgan fingerprint density at radius 2 is 2.16 bits per heavy atom. The average molecular weight is 295 g/mol. The summed E-state index contributed by atoms with van der Waals surface area (Å²) in [5.41, 5.74) is -2.70. The van der Waals surface area contributed by atoms with E-state index in [1.54, 1.807) is 0 Å². The van der Waals surface area contributed by atoms with Crippen molar-refractivity contribution in [1.29, 1.82) is 0 Å². The minimum atomic E-state index is -4.75. The molecule has 1 N–H and O–H groups in total. The number of β-amino-alcohol motifs (C(OH)–C–C–N with tert-alkyl or cyclic N) is 1. The van der Waals surface area contributed by atoms with Gasteiger partial charge in [-0.25, -0.2) is 4.98 Å². The van der Waals surface area contributed by atoms with Crippen molar-refractivity contribution in [1.82, 2.24) is 9.88 Å². The van der Waals surface area contributed by atoms with E-state index in [1.807, 2.05) is 0 Å². The number of carbonyl (C=O) groups is 1. The van der Waals surface area contributed by atoms with Crippen LogP contribution >= 0.6 is 11.6 Å². The minimum Gasteiger partial charge on any atom is -0.379 e. The van der Waals surface area contributed by atoms with Crippen molar-refractivity contribution in [3.8, 4) is 0 Å². The molecule has 1 saturated heterocycles. The van der Waals surface area contributed by atoms with Gasteiger partial charge >= 0.3 is 6.18 Å². The molecule has 2 rings (SSSR count). The summed E-state index contributed by atoms with van der Waals surface area (Å²) >= 11 is 5.56. The number of amides is 1. The molecule has 1 atom stereocenters. The molecule has 0 bridgehead atoms. The third-order valence-corrected chi connectivity index (χ3v) is 3.26. The summed E-state index contributed by atoms with van der Waals surface area (Å²) in [4.78, 5) is 16.6. The Labute approximate surface area is 111 Å². The first-order chi connectivity index (χ1) is 8.73. The van der Waals surface area contributed by atoms with E-state index in [-0.39, 0.29) is 17.3 Å². The highest BCUT2D eigenvalue weighted by molar-refractivity contribution is 6.29. The van der Waals surface area contributed by atoms with Crippen LogP contribution in [0.5, 0.6) is 0 Å². The number of pyridine rings is 1. The van der Waals surface area contributed by atoms with E-state index in [2.05, 4.69) is 4.98 Å². The summed E-state index contributed by atoms with van der Waals surface area (Å²) < 4.78 is 37.9. The first-order valence-electron chi connectivity index (χ1n) is 5.43. The Hall–Kier alpha value is -1.34. The van der Waals surface area contributed by atoms with Crippen molar-refractivity contribution in [2.45, 2.75) is 18.2 Å². The Balaban J connectivity index is 2.13. The molecule has 1 aromatic heterocycles. The van der Waals surface area contributed by atoms with Gasteiger partial charge < -0.3 is 10.0 Å². The van der Waals surface area contributed by atoms with Gasteiger partial charge in [0.05, 0.1) is 12.1 Å². The van der Waals surface area contributed by atoms with Gasteiger partial charge in [-0.05, 0) is 12.1 Å². The van der Waals surface area contributed by atoms with E-state index in [1.165, 1.54) is 18.3 Å². The lowest BCUT2D eigenvalue weighted by molar-refractivity contribution is -0.253. The Bertz CT molecular complexity index is 492. The first kappa shape index (κ1) is 14.1. The van der Waals surface area contributed by atoms with Crippen LogP contribution in [0.4, 0.5) is 13.2 Å². The third kappa shape index (κ3) is 2.66. The number of alkyl halides is 3. The molecule has 1 fully saturated rings. The van der Waals surface area contributed by atoms with Gasteiger partial charge in [-0.1, -0.05) is 11.6 Å². The second-order valence-corrected chi connectivity index (χ2v) is 4.76. The van der Waals surface area contributed by atoms with Gasteiger partial charge in [-0.15, -0.1) is 0 Å². The van der Waals surface area contributed by atoms with Crippen LogP contribution in [0.15, 0.2) is 18.3 Å². The predicted molar refractivity (Wildman–Crippen MR) is 60.8 cm³/mol. The van der Waals surface area contributed by atoms with Crippen LogP contribution in [-0.2, 0) is 0 Å². The van der Waals surface area contributed by atoms with Crippen LogP contribution in [0, 0.1) is 0 Å². The largest absolute Gasteiger partial charge is 0.419 e. The molecule has 2 heterocycles. The number of likely N-dealkylation sites (tertiary alicyclic amines) is 1. The number of aromatic nitrogens is 1. The molecule has 0 unspecified atom stereocenters. The van der Waals surface area contributed by atoms with E-state index in [4.69, 9.17) is 11.6 Å². The van der Waals surface area contributed by atoms with E-state index in [9.17, 15) is 23.1 Å². The topological polar surface area (TPSA) is 53.4 Å². The molecule has 0 aliphatic carbocycles. The number of rotatable bonds is 1. The van der Waals surface area contributed by atoms with Crippen LogP contribution in [0.3, 0.4) is 0 Å². The highest BCUT2D eigenvalue weighted by Crippen LogP contribution is 2.37. The maximum Gasteiger partial charge on any atom is 0.419 e. The molecule has 1 amide bonds. The lowest BCUT2D eigenvalue weighted by atomic mass is 10.0. The smallest absolute Gasteiger partial charge is 0.379 e. The molecule has 19 heavy (non-hydrogen) atoms. The van der Waals surface area contributed by atoms with Crippen molar-refractivity contribution in [2.75, 3.05) is 13.1 Å². The van der Waals surface area contributed by atoms with E-state index >= 15 is 0 Å². The zero-order chi connectivity index (χ0) is 14.3. The first-order valence-corrected chi connectivity index (χ1v) is 5.81. The Morgan fingerprint density at radius 1 is 1.47 bits per heavy atom. The summed E-state index contributed by atoms with van der Waals surface area (Å²) in [5, 5.41) is 9.67. The van der Waals surface area contributed by atoms with Crippen molar-refractivity contribution in [3.63, 3.8) is 0 Å². The maximum atomic E-state index is 12.6. The molecule has 0 saturated carbocycles. The second-order valence-electron chi connectivity index (χ2n) is 4.38. The molecule has 1 aromatic rings. The molecule has 1 aliphatic rings. The van der Waals surface area contributed by atoms with Gasteiger partial charge in [0, 0.05) is 19.2 Å². The highest BCUT2D eigenvalue weighted by Gasteiger charge is 2.57. The van der Waals surface area contributed by atoms with Crippen molar-refractivity contribution in [2.24, 2.45) is 0 Å². The zero-order valence-electron chi connectivity index (χ0n) is 9.62. The monoisotopic (exact) mass is 294 g/mol. The molecule has 8 heteroatoms. The second kappa shape index (κ2) is 4.64.